The molecule has 0 saturated heterocycles. The number of ether oxygens (including phenoxy) is 1. The first-order chi connectivity index (χ1) is 10.0. The lowest BCUT2D eigenvalue weighted by Gasteiger charge is -2.17. The van der Waals surface area contributed by atoms with E-state index in [0.717, 1.165) is 31.2 Å². The van der Waals surface area contributed by atoms with Crippen LogP contribution in [0.5, 0.6) is 5.75 Å². The standard InChI is InChI=1S/C19H33NO/c1-6-16(4)13-17(5)20-14-18-7-9-19(10-8-18)21-12-11-15(2)3/h7-10,15-17,20H,6,11-14H2,1-5H3. The van der Waals surface area contributed by atoms with Gasteiger partial charge in [-0.3, -0.25) is 0 Å². The first kappa shape index (κ1) is 18.0. The van der Waals surface area contributed by atoms with Gasteiger partial charge in [0, 0.05) is 12.6 Å². The predicted octanol–water partition coefficient (Wildman–Crippen LogP) is 5.03. The predicted molar refractivity (Wildman–Crippen MR) is 91.8 cm³/mol. The van der Waals surface area contributed by atoms with Crippen molar-refractivity contribution in [1.82, 2.24) is 5.32 Å². The fraction of sp³-hybridized carbons (Fsp3) is 0.684. The minimum absolute atomic E-state index is 0.571. The van der Waals surface area contributed by atoms with E-state index in [1.165, 1.54) is 18.4 Å². The molecule has 0 saturated carbocycles. The van der Waals surface area contributed by atoms with Crippen molar-refractivity contribution in [3.05, 3.63) is 29.8 Å². The highest BCUT2D eigenvalue weighted by atomic mass is 16.5. The molecule has 0 aliphatic rings. The van der Waals surface area contributed by atoms with E-state index in [2.05, 4.69) is 64.2 Å². The fourth-order valence-corrected chi connectivity index (χ4v) is 2.26. The number of benzene rings is 1. The fourth-order valence-electron chi connectivity index (χ4n) is 2.26. The summed E-state index contributed by atoms with van der Waals surface area (Å²) >= 11 is 0. The van der Waals surface area contributed by atoms with E-state index in [9.17, 15) is 0 Å². The van der Waals surface area contributed by atoms with Gasteiger partial charge in [-0.25, -0.2) is 0 Å². The van der Waals surface area contributed by atoms with Crippen molar-refractivity contribution >= 4 is 0 Å². The van der Waals surface area contributed by atoms with E-state index in [4.69, 9.17) is 4.74 Å². The van der Waals surface area contributed by atoms with Gasteiger partial charge in [0.25, 0.3) is 0 Å². The Hall–Kier alpha value is -1.02. The van der Waals surface area contributed by atoms with Gasteiger partial charge in [-0.05, 0) is 49.3 Å². The van der Waals surface area contributed by atoms with Crippen LogP contribution in [0.2, 0.25) is 0 Å². The van der Waals surface area contributed by atoms with Crippen LogP contribution in [0.3, 0.4) is 0 Å². The molecule has 0 aromatic heterocycles. The maximum atomic E-state index is 5.74. The highest BCUT2D eigenvalue weighted by Gasteiger charge is 2.06. The Morgan fingerprint density at radius 2 is 1.71 bits per heavy atom. The normalized spacial score (nSPS) is 14.2. The zero-order valence-electron chi connectivity index (χ0n) is 14.5. The minimum atomic E-state index is 0.571. The van der Waals surface area contributed by atoms with Crippen molar-refractivity contribution in [1.29, 1.82) is 0 Å². The van der Waals surface area contributed by atoms with Gasteiger partial charge < -0.3 is 10.1 Å². The highest BCUT2D eigenvalue weighted by molar-refractivity contribution is 5.27. The van der Waals surface area contributed by atoms with Crippen molar-refractivity contribution in [3.8, 4) is 5.75 Å². The molecule has 1 N–H and O–H groups in total. The van der Waals surface area contributed by atoms with E-state index >= 15 is 0 Å². The monoisotopic (exact) mass is 291 g/mol. The summed E-state index contributed by atoms with van der Waals surface area (Å²) in [5, 5.41) is 3.60. The Kier molecular flexibility index (Phi) is 8.44. The summed E-state index contributed by atoms with van der Waals surface area (Å²) in [5.74, 6) is 2.47. The summed E-state index contributed by atoms with van der Waals surface area (Å²) < 4.78 is 5.74. The van der Waals surface area contributed by atoms with Crippen LogP contribution in [0.1, 0.15) is 59.4 Å². The molecule has 120 valence electrons. The van der Waals surface area contributed by atoms with Gasteiger partial charge >= 0.3 is 0 Å². The summed E-state index contributed by atoms with van der Waals surface area (Å²) in [4.78, 5) is 0. The molecule has 1 aromatic carbocycles. The highest BCUT2D eigenvalue weighted by Crippen LogP contribution is 2.14. The van der Waals surface area contributed by atoms with Gasteiger partial charge in [0.15, 0.2) is 0 Å². The van der Waals surface area contributed by atoms with Crippen LogP contribution >= 0.6 is 0 Å². The second-order valence-corrected chi connectivity index (χ2v) is 6.71. The van der Waals surface area contributed by atoms with Crippen molar-refractivity contribution in [2.24, 2.45) is 11.8 Å². The topological polar surface area (TPSA) is 21.3 Å². The number of rotatable bonds is 10. The van der Waals surface area contributed by atoms with E-state index in [-0.39, 0.29) is 0 Å². The van der Waals surface area contributed by atoms with Gasteiger partial charge in [0.05, 0.1) is 6.61 Å². The van der Waals surface area contributed by atoms with Gasteiger partial charge in [-0.1, -0.05) is 46.2 Å². The molecule has 2 atom stereocenters. The summed E-state index contributed by atoms with van der Waals surface area (Å²) in [5.41, 5.74) is 1.32. The molecule has 2 heteroatoms. The Bertz CT molecular complexity index is 372. The van der Waals surface area contributed by atoms with Crippen LogP contribution in [-0.4, -0.2) is 12.6 Å². The van der Waals surface area contributed by atoms with Crippen LogP contribution in [-0.2, 0) is 6.54 Å². The molecular formula is C19H33NO. The number of hydrogen-bond acceptors (Lipinski definition) is 2. The summed E-state index contributed by atoms with van der Waals surface area (Å²) in [6.07, 6.45) is 3.61. The van der Waals surface area contributed by atoms with Gasteiger partial charge in [0.1, 0.15) is 5.75 Å². The quantitative estimate of drug-likeness (QED) is 0.653. The van der Waals surface area contributed by atoms with Crippen LogP contribution in [0.25, 0.3) is 0 Å². The molecule has 2 nitrogen and oxygen atoms in total. The van der Waals surface area contributed by atoms with Crippen molar-refractivity contribution in [3.63, 3.8) is 0 Å². The number of hydrogen-bond donors (Lipinski definition) is 1. The van der Waals surface area contributed by atoms with E-state index < -0.39 is 0 Å². The molecule has 0 spiro atoms. The molecule has 0 radical (unpaired) electrons. The summed E-state index contributed by atoms with van der Waals surface area (Å²) in [6.45, 7) is 13.0. The summed E-state index contributed by atoms with van der Waals surface area (Å²) in [7, 11) is 0. The SMILES string of the molecule is CCC(C)CC(C)NCc1ccc(OCCC(C)C)cc1. The molecule has 0 bridgehead atoms. The van der Waals surface area contributed by atoms with Crippen LogP contribution in [0.15, 0.2) is 24.3 Å². The third-order valence-electron chi connectivity index (χ3n) is 3.99. The maximum absolute atomic E-state index is 5.74. The lowest BCUT2D eigenvalue weighted by atomic mass is 10.0. The molecule has 0 heterocycles. The lowest BCUT2D eigenvalue weighted by molar-refractivity contribution is 0.289. The second kappa shape index (κ2) is 9.83. The third kappa shape index (κ3) is 8.11. The third-order valence-corrected chi connectivity index (χ3v) is 3.99. The van der Waals surface area contributed by atoms with Crippen molar-refractivity contribution in [2.75, 3.05) is 6.61 Å². The number of nitrogens with one attached hydrogen (secondary N) is 1. The van der Waals surface area contributed by atoms with E-state index in [1.807, 2.05) is 0 Å². The second-order valence-electron chi connectivity index (χ2n) is 6.71. The molecule has 21 heavy (non-hydrogen) atoms. The Morgan fingerprint density at radius 1 is 1.05 bits per heavy atom. The average Bonchev–Trinajstić information content (AvgIpc) is 2.46. The van der Waals surface area contributed by atoms with Crippen molar-refractivity contribution < 1.29 is 4.74 Å². The van der Waals surface area contributed by atoms with Crippen LogP contribution in [0.4, 0.5) is 0 Å². The van der Waals surface area contributed by atoms with Gasteiger partial charge in [-0.2, -0.15) is 0 Å². The van der Waals surface area contributed by atoms with Crippen molar-refractivity contribution in [2.45, 2.75) is 66.5 Å². The Labute approximate surface area is 131 Å². The maximum Gasteiger partial charge on any atom is 0.119 e. The first-order valence-corrected chi connectivity index (χ1v) is 8.46. The average molecular weight is 291 g/mol. The minimum Gasteiger partial charge on any atom is -0.494 e. The molecule has 0 fully saturated rings. The molecule has 0 amide bonds. The first-order valence-electron chi connectivity index (χ1n) is 8.46. The molecule has 1 aromatic rings. The van der Waals surface area contributed by atoms with Gasteiger partial charge in [0.2, 0.25) is 0 Å². The Morgan fingerprint density at radius 3 is 2.29 bits per heavy atom. The molecule has 2 unspecified atom stereocenters. The Balaban J connectivity index is 2.30. The molecular weight excluding hydrogens is 258 g/mol. The van der Waals surface area contributed by atoms with E-state index in [1.54, 1.807) is 0 Å². The van der Waals surface area contributed by atoms with Gasteiger partial charge in [-0.15, -0.1) is 0 Å². The largest absolute Gasteiger partial charge is 0.494 e. The molecule has 0 aliphatic carbocycles. The smallest absolute Gasteiger partial charge is 0.119 e. The zero-order chi connectivity index (χ0) is 15.7. The molecule has 1 rings (SSSR count). The van der Waals surface area contributed by atoms with Crippen LogP contribution in [0, 0.1) is 11.8 Å². The van der Waals surface area contributed by atoms with E-state index in [0.29, 0.717) is 12.0 Å². The van der Waals surface area contributed by atoms with Crippen LogP contribution < -0.4 is 10.1 Å². The lowest BCUT2D eigenvalue weighted by Crippen LogP contribution is -2.27. The molecule has 0 aliphatic heterocycles. The summed E-state index contributed by atoms with van der Waals surface area (Å²) in [6, 6.07) is 9.05. The zero-order valence-corrected chi connectivity index (χ0v) is 14.5.